The molecular formula is C22H32N4O5S. The van der Waals surface area contributed by atoms with E-state index in [1.165, 1.54) is 26.0 Å². The number of nitrogens with one attached hydrogen (secondary N) is 1. The van der Waals surface area contributed by atoms with Gasteiger partial charge in [0.25, 0.3) is 0 Å². The second kappa shape index (κ2) is 9.36. The highest BCUT2D eigenvalue weighted by Gasteiger charge is 2.35. The summed E-state index contributed by atoms with van der Waals surface area (Å²) in [6.07, 6.45) is 4.56. The summed E-state index contributed by atoms with van der Waals surface area (Å²) in [6, 6.07) is 4.48. The first-order valence-corrected chi connectivity index (χ1v) is 12.8. The van der Waals surface area contributed by atoms with Crippen molar-refractivity contribution in [2.45, 2.75) is 56.0 Å². The first kappa shape index (κ1) is 23.0. The number of carbonyl (C=O) groups is 2. The van der Waals surface area contributed by atoms with Crippen LogP contribution in [0.2, 0.25) is 0 Å². The van der Waals surface area contributed by atoms with Gasteiger partial charge < -0.3 is 14.5 Å². The third-order valence-corrected chi connectivity index (χ3v) is 8.02. The van der Waals surface area contributed by atoms with Crippen LogP contribution in [0.25, 0.3) is 0 Å². The Morgan fingerprint density at radius 3 is 2.47 bits per heavy atom. The standard InChI is InChI=1S/C22H32N4O5S/c1-16(22(28)25-14-12-24(13-15-25)17-9-10-17)23-32(29,30)19-7-5-6-18(21(19)31-2)26-11-4-3-8-20(26)27/h5-7,16-17,23H,3-4,8-15H2,1-2H3/t16-/m0/s1. The van der Waals surface area contributed by atoms with Crippen LogP contribution in [0.4, 0.5) is 5.69 Å². The van der Waals surface area contributed by atoms with Crippen molar-refractivity contribution in [1.29, 1.82) is 0 Å². The van der Waals surface area contributed by atoms with Crippen LogP contribution < -0.4 is 14.4 Å². The van der Waals surface area contributed by atoms with E-state index in [0.717, 1.165) is 25.9 Å². The van der Waals surface area contributed by atoms with Gasteiger partial charge >= 0.3 is 0 Å². The molecule has 2 aliphatic heterocycles. The van der Waals surface area contributed by atoms with Gasteiger partial charge in [0.1, 0.15) is 4.90 Å². The lowest BCUT2D eigenvalue weighted by atomic mass is 10.1. The monoisotopic (exact) mass is 464 g/mol. The molecule has 10 heteroatoms. The molecule has 2 amide bonds. The van der Waals surface area contributed by atoms with Crippen molar-refractivity contribution in [3.63, 3.8) is 0 Å². The van der Waals surface area contributed by atoms with Gasteiger partial charge in [-0.25, -0.2) is 8.42 Å². The minimum atomic E-state index is -4.05. The predicted octanol–water partition coefficient (Wildman–Crippen LogP) is 1.19. The van der Waals surface area contributed by atoms with E-state index in [-0.39, 0.29) is 22.5 Å². The highest BCUT2D eigenvalue weighted by Crippen LogP contribution is 2.36. The summed E-state index contributed by atoms with van der Waals surface area (Å²) in [6.45, 7) is 4.96. The number of anilines is 1. The van der Waals surface area contributed by atoms with Gasteiger partial charge in [0.2, 0.25) is 21.8 Å². The summed E-state index contributed by atoms with van der Waals surface area (Å²) in [5.41, 5.74) is 0.440. The van der Waals surface area contributed by atoms with E-state index in [1.807, 2.05) is 0 Å². The zero-order valence-electron chi connectivity index (χ0n) is 18.7. The van der Waals surface area contributed by atoms with E-state index >= 15 is 0 Å². The fourth-order valence-corrected chi connectivity index (χ4v) is 5.94. The van der Waals surface area contributed by atoms with Crippen LogP contribution in [0.1, 0.15) is 39.0 Å². The number of piperidine rings is 1. The fraction of sp³-hybridized carbons (Fsp3) is 0.636. The van der Waals surface area contributed by atoms with Crippen LogP contribution in [0.15, 0.2) is 23.1 Å². The van der Waals surface area contributed by atoms with Crippen molar-refractivity contribution in [2.75, 3.05) is 44.7 Å². The predicted molar refractivity (Wildman–Crippen MR) is 120 cm³/mol. The number of benzene rings is 1. The molecule has 1 N–H and O–H groups in total. The van der Waals surface area contributed by atoms with Crippen molar-refractivity contribution in [2.24, 2.45) is 0 Å². The summed E-state index contributed by atoms with van der Waals surface area (Å²) in [4.78, 5) is 30.9. The van der Waals surface area contributed by atoms with Gasteiger partial charge in [0.15, 0.2) is 5.75 Å². The van der Waals surface area contributed by atoms with Crippen LogP contribution in [-0.4, -0.2) is 81.9 Å². The van der Waals surface area contributed by atoms with Gasteiger partial charge in [0, 0.05) is 45.2 Å². The van der Waals surface area contributed by atoms with Gasteiger partial charge in [-0.1, -0.05) is 6.07 Å². The van der Waals surface area contributed by atoms with Crippen molar-refractivity contribution in [3.8, 4) is 5.75 Å². The summed E-state index contributed by atoms with van der Waals surface area (Å²) in [5, 5.41) is 0. The molecule has 0 spiro atoms. The maximum atomic E-state index is 13.2. The Kier molecular flexibility index (Phi) is 6.73. The van der Waals surface area contributed by atoms with Gasteiger partial charge in [-0.15, -0.1) is 0 Å². The quantitative estimate of drug-likeness (QED) is 0.651. The van der Waals surface area contributed by atoms with Crippen LogP contribution in [0.3, 0.4) is 0 Å². The molecule has 0 bridgehead atoms. The lowest BCUT2D eigenvalue weighted by molar-refractivity contribution is -0.134. The molecular weight excluding hydrogens is 432 g/mol. The first-order valence-electron chi connectivity index (χ1n) is 11.3. The zero-order chi connectivity index (χ0) is 22.9. The lowest BCUT2D eigenvalue weighted by Crippen LogP contribution is -2.54. The SMILES string of the molecule is COc1c(N2CCCCC2=O)cccc1S(=O)(=O)N[C@@H](C)C(=O)N1CCN(C2CC2)CC1. The molecule has 176 valence electrons. The number of rotatable bonds is 7. The molecule has 1 atom stereocenters. The molecule has 1 saturated carbocycles. The van der Waals surface area contributed by atoms with E-state index in [1.54, 1.807) is 28.9 Å². The molecule has 3 aliphatic rings. The Labute approximate surface area is 189 Å². The second-order valence-electron chi connectivity index (χ2n) is 8.75. The van der Waals surface area contributed by atoms with E-state index in [0.29, 0.717) is 37.8 Å². The van der Waals surface area contributed by atoms with E-state index in [4.69, 9.17) is 4.74 Å². The number of piperazine rings is 1. The Bertz CT molecular complexity index is 971. The van der Waals surface area contributed by atoms with E-state index < -0.39 is 16.1 Å². The van der Waals surface area contributed by atoms with Crippen molar-refractivity contribution >= 4 is 27.5 Å². The van der Waals surface area contributed by atoms with Crippen LogP contribution in [0.5, 0.6) is 5.75 Å². The number of ether oxygens (including phenoxy) is 1. The molecule has 32 heavy (non-hydrogen) atoms. The van der Waals surface area contributed by atoms with Crippen molar-refractivity contribution in [3.05, 3.63) is 18.2 Å². The molecule has 0 aromatic heterocycles. The molecule has 1 aromatic rings. The Morgan fingerprint density at radius 1 is 1.12 bits per heavy atom. The number of nitrogens with zero attached hydrogens (tertiary/aromatic N) is 3. The Balaban J connectivity index is 1.48. The summed E-state index contributed by atoms with van der Waals surface area (Å²) < 4.78 is 34.4. The normalized spacial score (nSPS) is 21.5. The van der Waals surface area contributed by atoms with Gasteiger partial charge in [-0.2, -0.15) is 4.72 Å². The molecule has 9 nitrogen and oxygen atoms in total. The smallest absolute Gasteiger partial charge is 0.245 e. The Hall–Kier alpha value is -2.17. The number of amides is 2. The molecule has 4 rings (SSSR count). The molecule has 1 aliphatic carbocycles. The second-order valence-corrected chi connectivity index (χ2v) is 10.4. The fourth-order valence-electron chi connectivity index (χ4n) is 4.56. The largest absolute Gasteiger partial charge is 0.493 e. The maximum absolute atomic E-state index is 13.2. The third kappa shape index (κ3) is 4.77. The number of sulfonamides is 1. The molecule has 1 aromatic carbocycles. The molecule has 0 radical (unpaired) electrons. The van der Waals surface area contributed by atoms with E-state index in [2.05, 4.69) is 9.62 Å². The van der Waals surface area contributed by atoms with Gasteiger partial charge in [0.05, 0.1) is 18.8 Å². The Morgan fingerprint density at radius 2 is 1.84 bits per heavy atom. The minimum absolute atomic E-state index is 0.0501. The van der Waals surface area contributed by atoms with Crippen molar-refractivity contribution < 1.29 is 22.7 Å². The number of methoxy groups -OCH3 is 1. The number of carbonyl (C=O) groups excluding carboxylic acids is 2. The third-order valence-electron chi connectivity index (χ3n) is 6.46. The van der Waals surface area contributed by atoms with Gasteiger partial charge in [-0.05, 0) is 44.7 Å². The van der Waals surface area contributed by atoms with E-state index in [9.17, 15) is 18.0 Å². The molecule has 2 heterocycles. The minimum Gasteiger partial charge on any atom is -0.493 e. The van der Waals surface area contributed by atoms with Crippen LogP contribution in [0, 0.1) is 0 Å². The lowest BCUT2D eigenvalue weighted by Gasteiger charge is -2.36. The average Bonchev–Trinajstić information content (AvgIpc) is 3.64. The molecule has 0 unspecified atom stereocenters. The summed E-state index contributed by atoms with van der Waals surface area (Å²) >= 11 is 0. The van der Waals surface area contributed by atoms with Crippen LogP contribution >= 0.6 is 0 Å². The number of hydrogen-bond donors (Lipinski definition) is 1. The number of para-hydroxylation sites is 1. The first-order chi connectivity index (χ1) is 15.3. The van der Waals surface area contributed by atoms with Crippen molar-refractivity contribution in [1.82, 2.24) is 14.5 Å². The maximum Gasteiger partial charge on any atom is 0.245 e. The highest BCUT2D eigenvalue weighted by atomic mass is 32.2. The summed E-state index contributed by atoms with van der Waals surface area (Å²) in [5.74, 6) is -0.163. The summed E-state index contributed by atoms with van der Waals surface area (Å²) in [7, 11) is -2.66. The topological polar surface area (TPSA) is 99.3 Å². The molecule has 2 saturated heterocycles. The average molecular weight is 465 g/mol. The van der Waals surface area contributed by atoms with Crippen LogP contribution in [-0.2, 0) is 19.6 Å². The number of hydrogen-bond acceptors (Lipinski definition) is 6. The van der Waals surface area contributed by atoms with Gasteiger partial charge in [-0.3, -0.25) is 14.5 Å². The molecule has 3 fully saturated rings. The highest BCUT2D eigenvalue weighted by molar-refractivity contribution is 7.89. The zero-order valence-corrected chi connectivity index (χ0v) is 19.6.